The Bertz CT molecular complexity index is 3050. The molecule has 0 saturated heterocycles. The molecule has 0 nitrogen and oxygen atoms in total. The summed E-state index contributed by atoms with van der Waals surface area (Å²) in [5, 5.41) is -4.21. The molecule has 7 aromatic rings. The molecule has 0 aliphatic carbocycles. The van der Waals surface area contributed by atoms with Crippen molar-refractivity contribution in [2.24, 2.45) is 0 Å². The van der Waals surface area contributed by atoms with Gasteiger partial charge in [-0.1, -0.05) is 133 Å². The second kappa shape index (κ2) is 8.52. The predicted molar refractivity (Wildman–Crippen MR) is 155 cm³/mol. The van der Waals surface area contributed by atoms with E-state index < -0.39 is 211 Å². The lowest BCUT2D eigenvalue weighted by molar-refractivity contribution is 1.63. The van der Waals surface area contributed by atoms with Crippen LogP contribution >= 0.6 is 0 Å². The van der Waals surface area contributed by atoms with E-state index in [4.69, 9.17) is 24.7 Å². The highest BCUT2D eigenvalue weighted by atomic mass is 14.2. The molecule has 0 amide bonds. The molecule has 168 valence electrons. The monoisotopic (exact) mass is 480 g/mol. The van der Waals surface area contributed by atoms with Crippen LogP contribution in [0, 0.1) is 0 Å². The molecule has 0 aliphatic heterocycles. The highest BCUT2D eigenvalue weighted by Gasteiger charge is 2.18. The van der Waals surface area contributed by atoms with E-state index in [0.717, 1.165) is 0 Å². The van der Waals surface area contributed by atoms with Crippen molar-refractivity contribution in [2.75, 3.05) is 0 Å². The summed E-state index contributed by atoms with van der Waals surface area (Å²) in [5.74, 6) is 0. The molecule has 0 radical (unpaired) electrons. The lowest BCUT2D eigenvalue weighted by atomic mass is 9.84. The van der Waals surface area contributed by atoms with Crippen molar-refractivity contribution in [1.82, 2.24) is 0 Å². The van der Waals surface area contributed by atoms with Crippen LogP contribution in [0.15, 0.2) is 145 Å². The third-order valence-corrected chi connectivity index (χ3v) is 5.56. The first-order chi connectivity index (χ1) is 27.9. The van der Waals surface area contributed by atoms with Crippen LogP contribution in [0.3, 0.4) is 0 Å². The van der Waals surface area contributed by atoms with Crippen molar-refractivity contribution in [3.05, 3.63) is 145 Å². The van der Waals surface area contributed by atoms with Gasteiger partial charge in [0.2, 0.25) is 0 Å². The molecule has 0 bridgehead atoms. The molecule has 7 rings (SSSR count). The lowest BCUT2D eigenvalue weighted by Gasteiger charge is -2.19. The van der Waals surface area contributed by atoms with Crippen LogP contribution in [0.5, 0.6) is 0 Å². The van der Waals surface area contributed by atoms with Gasteiger partial charge in [-0.15, -0.1) is 0 Å². The molecule has 0 unspecified atom stereocenters. The van der Waals surface area contributed by atoms with Crippen molar-refractivity contribution in [3.63, 3.8) is 0 Å². The zero-order valence-electron chi connectivity index (χ0n) is 42.0. The van der Waals surface area contributed by atoms with Gasteiger partial charge in [-0.3, -0.25) is 0 Å². The van der Waals surface area contributed by atoms with Gasteiger partial charge in [0.15, 0.2) is 0 Å². The smallest absolute Gasteiger partial charge is 0.0622 e. The van der Waals surface area contributed by atoms with E-state index >= 15 is 0 Å². The molecule has 0 N–H and O–H groups in total. The highest BCUT2D eigenvalue weighted by Crippen LogP contribution is 2.46. The average molecular weight is 481 g/mol. The Kier molecular flexibility index (Phi) is 1.81. The fraction of sp³-hybridized carbons (Fsp3) is 0. The molecular weight excluding hydrogens is 432 g/mol. The topological polar surface area (TPSA) is 0 Å². The molecule has 0 fully saturated rings. The van der Waals surface area contributed by atoms with Gasteiger partial charge in [0.25, 0.3) is 0 Å². The van der Waals surface area contributed by atoms with Crippen LogP contribution in [-0.2, 0) is 0 Å². The summed E-state index contributed by atoms with van der Waals surface area (Å²) in [5.41, 5.74) is -4.48. The number of hydrogen-bond acceptors (Lipinski definition) is 0. The Morgan fingerprint density at radius 1 is 0.333 bits per heavy atom. The van der Waals surface area contributed by atoms with Gasteiger partial charge < -0.3 is 0 Å². The largest absolute Gasteiger partial charge is 0.0636 e. The van der Waals surface area contributed by atoms with E-state index in [-0.39, 0.29) is 0 Å². The van der Waals surface area contributed by atoms with Crippen molar-refractivity contribution in [2.45, 2.75) is 0 Å². The van der Waals surface area contributed by atoms with Crippen molar-refractivity contribution >= 4 is 32.3 Å². The van der Waals surface area contributed by atoms with Gasteiger partial charge in [0.05, 0.1) is 32.9 Å². The summed E-state index contributed by atoms with van der Waals surface area (Å²) < 4.78 is 211. The Morgan fingerprint density at radius 2 is 0.778 bits per heavy atom. The van der Waals surface area contributed by atoms with E-state index in [1.54, 1.807) is 0 Å². The lowest BCUT2D eigenvalue weighted by Crippen LogP contribution is -1.92. The van der Waals surface area contributed by atoms with Crippen molar-refractivity contribution in [1.29, 1.82) is 0 Å². The van der Waals surface area contributed by atoms with Crippen LogP contribution in [0.25, 0.3) is 65.7 Å². The zero-order valence-corrected chi connectivity index (χ0v) is 18.0. The van der Waals surface area contributed by atoms with Crippen LogP contribution in [0.1, 0.15) is 32.9 Å². The summed E-state index contributed by atoms with van der Waals surface area (Å²) in [6.07, 6.45) is 0. The average Bonchev–Trinajstić information content (AvgIpc) is 3.22. The maximum Gasteiger partial charge on any atom is 0.0636 e. The van der Waals surface area contributed by atoms with Crippen LogP contribution < -0.4 is 0 Å². The maximum absolute atomic E-state index is 9.76. The first-order valence-electron chi connectivity index (χ1n) is 22.5. The third-order valence-electron chi connectivity index (χ3n) is 5.56. The Hall–Kier alpha value is -4.68. The second-order valence-electron chi connectivity index (χ2n) is 7.50. The van der Waals surface area contributed by atoms with Crippen LogP contribution in [-0.4, -0.2) is 0 Å². The quantitative estimate of drug-likeness (QED) is 0.221. The van der Waals surface area contributed by atoms with Crippen LogP contribution in [0.4, 0.5) is 0 Å². The first-order valence-corrected chi connectivity index (χ1v) is 10.5. The molecule has 0 aromatic heterocycles. The molecule has 36 heavy (non-hydrogen) atoms. The summed E-state index contributed by atoms with van der Waals surface area (Å²) in [4.78, 5) is 0. The molecule has 0 heteroatoms. The Balaban J connectivity index is 1.99. The number of hydrogen-bond donors (Lipinski definition) is 0. The van der Waals surface area contributed by atoms with Crippen molar-refractivity contribution in [3.8, 4) is 33.4 Å². The SMILES string of the molecule is [2H]c1c([2H])c([2H])c(-c2c([2H])c(-c3c4c([2H])c([2H])c([2H])c([2H])c4c(-c4c([2H])c([2H])c([2H])c([2H])c4[2H])c4c([2H])c([2H])c([2H])c([2H])c34)c3c([2H])c([2H])c([2H])c([2H])c3c2[2H])c([2H])c1[2H]. The molecule has 0 atom stereocenters. The van der Waals surface area contributed by atoms with Gasteiger partial charge in [-0.05, 0) is 77.8 Å². The van der Waals surface area contributed by atoms with E-state index in [9.17, 15) is 8.22 Å². The van der Waals surface area contributed by atoms with E-state index in [2.05, 4.69) is 0 Å². The van der Waals surface area contributed by atoms with Gasteiger partial charge in [0.1, 0.15) is 0 Å². The number of rotatable bonds is 3. The first kappa shape index (κ1) is 7.66. The number of fused-ring (bicyclic) bond motifs is 3. The third kappa shape index (κ3) is 3.31. The zero-order chi connectivity index (χ0) is 44.8. The molecule has 0 spiro atoms. The Morgan fingerprint density at radius 3 is 1.36 bits per heavy atom. The summed E-state index contributed by atoms with van der Waals surface area (Å²) in [6.45, 7) is 0. The maximum atomic E-state index is 9.76. The van der Waals surface area contributed by atoms with E-state index in [1.807, 2.05) is 0 Å². The van der Waals surface area contributed by atoms with Gasteiger partial charge >= 0.3 is 0 Å². The van der Waals surface area contributed by atoms with Crippen molar-refractivity contribution < 1.29 is 32.9 Å². The van der Waals surface area contributed by atoms with Gasteiger partial charge in [-0.2, -0.15) is 0 Å². The normalized spacial score (nSPS) is 20.7. The summed E-state index contributed by atoms with van der Waals surface area (Å²) >= 11 is 0. The predicted octanol–water partition coefficient (Wildman–Crippen LogP) is 10.1. The minimum Gasteiger partial charge on any atom is -0.0622 e. The van der Waals surface area contributed by atoms with Gasteiger partial charge in [-0.25, -0.2) is 0 Å². The Labute approximate surface area is 244 Å². The summed E-state index contributed by atoms with van der Waals surface area (Å²) in [7, 11) is 0. The number of benzene rings is 7. The second-order valence-corrected chi connectivity index (χ2v) is 7.50. The van der Waals surface area contributed by atoms with Crippen LogP contribution in [0.2, 0.25) is 0 Å². The highest BCUT2D eigenvalue weighted by molar-refractivity contribution is 6.23. The minimum atomic E-state index is -1.02. The molecule has 0 heterocycles. The molecule has 0 saturated carbocycles. The minimum absolute atomic E-state index is 0.666. The molecule has 7 aromatic carbocycles. The fourth-order valence-corrected chi connectivity index (χ4v) is 4.12. The standard InChI is InChI=1S/C36H24/c1-3-13-25(14-4-1)28-23-27-17-7-8-18-29(27)34(24-28)36-32-21-11-9-19-30(32)35(26-15-5-2-6-16-26)31-20-10-12-22-33(31)36/h1-24H/i1D,2D,3D,4D,5D,6D,7D,8D,9D,10D,11D,12D,13D,14D,15D,16D,17D,18D,19D,20D,21D,22D,23D,24D. The van der Waals surface area contributed by atoms with E-state index in [1.165, 1.54) is 0 Å². The van der Waals surface area contributed by atoms with Gasteiger partial charge in [0, 0.05) is 0 Å². The molecular formula is C36H24. The molecule has 0 aliphatic rings. The summed E-state index contributed by atoms with van der Waals surface area (Å²) in [6, 6.07) is -22.5. The fourth-order valence-electron chi connectivity index (χ4n) is 4.12. The van der Waals surface area contributed by atoms with E-state index in [0.29, 0.717) is 0 Å².